The summed E-state index contributed by atoms with van der Waals surface area (Å²) < 4.78 is 7.10. The first-order chi connectivity index (χ1) is 12.6. The van der Waals surface area contributed by atoms with Crippen molar-refractivity contribution in [2.75, 3.05) is 20.3 Å². The van der Waals surface area contributed by atoms with Gasteiger partial charge in [-0.1, -0.05) is 35.9 Å². The van der Waals surface area contributed by atoms with Crippen LogP contribution >= 0.6 is 0 Å². The minimum Gasteiger partial charge on any atom is -0.375 e. The van der Waals surface area contributed by atoms with Gasteiger partial charge in [0, 0.05) is 26.6 Å². The first-order valence-electron chi connectivity index (χ1n) is 8.84. The van der Waals surface area contributed by atoms with Gasteiger partial charge in [-0.15, -0.1) is 0 Å². The number of nitrogens with one attached hydrogen (secondary N) is 1. The van der Waals surface area contributed by atoms with E-state index in [0.717, 1.165) is 23.4 Å². The Bertz CT molecular complexity index is 915. The Morgan fingerprint density at radius 2 is 2.00 bits per heavy atom. The maximum atomic E-state index is 11.6. The number of imidazole rings is 1. The van der Waals surface area contributed by atoms with Gasteiger partial charge in [0.15, 0.2) is 0 Å². The molecule has 1 heterocycles. The molecule has 0 aliphatic carbocycles. The first-order valence-corrected chi connectivity index (χ1v) is 8.84. The third-order valence-corrected chi connectivity index (χ3v) is 4.51. The molecule has 0 atom stereocenters. The number of carbonyl (C=O) groups is 1. The van der Waals surface area contributed by atoms with Crippen molar-refractivity contribution in [1.82, 2.24) is 14.9 Å². The van der Waals surface area contributed by atoms with Crippen LogP contribution in [0.3, 0.4) is 0 Å². The molecule has 26 heavy (non-hydrogen) atoms. The fraction of sp³-hybridized carbons (Fsp3) is 0.333. The van der Waals surface area contributed by atoms with E-state index in [1.807, 2.05) is 18.2 Å². The monoisotopic (exact) mass is 351 g/mol. The fourth-order valence-electron chi connectivity index (χ4n) is 3.13. The SMILES string of the molecule is COCC(=O)NCCc1nc2ccccc2n1Cc1cc(C)ccc1C. The number of para-hydroxylation sites is 2. The zero-order valence-electron chi connectivity index (χ0n) is 15.6. The second-order valence-corrected chi connectivity index (χ2v) is 6.57. The van der Waals surface area contributed by atoms with Crippen molar-refractivity contribution in [2.45, 2.75) is 26.8 Å². The Labute approximate surface area is 154 Å². The minimum atomic E-state index is -0.107. The molecular formula is C21H25N3O2. The molecule has 5 heteroatoms. The van der Waals surface area contributed by atoms with Gasteiger partial charge in [0.25, 0.3) is 0 Å². The van der Waals surface area contributed by atoms with Crippen molar-refractivity contribution in [3.63, 3.8) is 0 Å². The quantitative estimate of drug-likeness (QED) is 0.712. The normalized spacial score (nSPS) is 11.0. The molecule has 0 unspecified atom stereocenters. The summed E-state index contributed by atoms with van der Waals surface area (Å²) in [5.74, 6) is 0.870. The molecule has 136 valence electrons. The van der Waals surface area contributed by atoms with E-state index in [1.54, 1.807) is 0 Å². The van der Waals surface area contributed by atoms with E-state index in [4.69, 9.17) is 9.72 Å². The van der Waals surface area contributed by atoms with E-state index in [-0.39, 0.29) is 12.5 Å². The zero-order chi connectivity index (χ0) is 18.5. The number of fused-ring (bicyclic) bond motifs is 1. The smallest absolute Gasteiger partial charge is 0.245 e. The Morgan fingerprint density at radius 3 is 2.81 bits per heavy atom. The number of aromatic nitrogens is 2. The van der Waals surface area contributed by atoms with Crippen LogP contribution in [0.25, 0.3) is 11.0 Å². The standard InChI is InChI=1S/C21H25N3O2/c1-15-8-9-16(2)17(12-15)13-24-19-7-5-4-6-18(19)23-20(24)10-11-22-21(25)14-26-3/h4-9,12H,10-11,13-14H2,1-3H3,(H,22,25). The van der Waals surface area contributed by atoms with E-state index in [1.165, 1.54) is 23.8 Å². The van der Waals surface area contributed by atoms with Gasteiger partial charge in [0.2, 0.25) is 5.91 Å². The van der Waals surface area contributed by atoms with Crippen molar-refractivity contribution < 1.29 is 9.53 Å². The summed E-state index contributed by atoms with van der Waals surface area (Å²) >= 11 is 0. The van der Waals surface area contributed by atoms with Crippen LogP contribution in [0.5, 0.6) is 0 Å². The second-order valence-electron chi connectivity index (χ2n) is 6.57. The van der Waals surface area contributed by atoms with E-state index in [0.29, 0.717) is 13.0 Å². The Kier molecular flexibility index (Phi) is 5.68. The number of amides is 1. The van der Waals surface area contributed by atoms with E-state index >= 15 is 0 Å². The molecule has 0 bridgehead atoms. The summed E-state index contributed by atoms with van der Waals surface area (Å²) in [7, 11) is 1.52. The lowest BCUT2D eigenvalue weighted by atomic mass is 10.1. The molecule has 3 aromatic rings. The Morgan fingerprint density at radius 1 is 1.19 bits per heavy atom. The largest absolute Gasteiger partial charge is 0.375 e. The fourth-order valence-corrected chi connectivity index (χ4v) is 3.13. The third kappa shape index (κ3) is 4.11. The molecule has 1 aromatic heterocycles. The van der Waals surface area contributed by atoms with Gasteiger partial charge in [0.05, 0.1) is 11.0 Å². The van der Waals surface area contributed by atoms with Crippen molar-refractivity contribution >= 4 is 16.9 Å². The number of benzene rings is 2. The molecule has 0 aliphatic heterocycles. The number of methoxy groups -OCH3 is 1. The van der Waals surface area contributed by atoms with E-state index in [9.17, 15) is 4.79 Å². The topological polar surface area (TPSA) is 56.1 Å². The lowest BCUT2D eigenvalue weighted by Crippen LogP contribution is -2.29. The second kappa shape index (κ2) is 8.15. The van der Waals surface area contributed by atoms with E-state index < -0.39 is 0 Å². The van der Waals surface area contributed by atoms with E-state index in [2.05, 4.69) is 48.0 Å². The Balaban J connectivity index is 1.87. The predicted molar refractivity (Wildman–Crippen MR) is 103 cm³/mol. The van der Waals surface area contributed by atoms with Crippen LogP contribution < -0.4 is 5.32 Å². The van der Waals surface area contributed by atoms with Gasteiger partial charge < -0.3 is 14.6 Å². The summed E-state index contributed by atoms with van der Waals surface area (Å²) in [5, 5.41) is 2.87. The van der Waals surface area contributed by atoms with Crippen molar-refractivity contribution in [3.8, 4) is 0 Å². The number of rotatable bonds is 7. The molecule has 2 aromatic carbocycles. The number of hydrogen-bond acceptors (Lipinski definition) is 3. The highest BCUT2D eigenvalue weighted by Gasteiger charge is 2.12. The molecular weight excluding hydrogens is 326 g/mol. The summed E-state index contributed by atoms with van der Waals surface area (Å²) in [5.41, 5.74) is 5.91. The summed E-state index contributed by atoms with van der Waals surface area (Å²) in [4.78, 5) is 16.4. The average molecular weight is 351 g/mol. The summed E-state index contributed by atoms with van der Waals surface area (Å²) in [6.07, 6.45) is 0.676. The Hall–Kier alpha value is -2.66. The van der Waals surface area contributed by atoms with Crippen molar-refractivity contribution in [2.24, 2.45) is 0 Å². The van der Waals surface area contributed by atoms with Crippen LogP contribution in [0, 0.1) is 13.8 Å². The van der Waals surface area contributed by atoms with Crippen LogP contribution in [0.2, 0.25) is 0 Å². The average Bonchev–Trinajstić information content (AvgIpc) is 2.96. The third-order valence-electron chi connectivity index (χ3n) is 4.51. The highest BCUT2D eigenvalue weighted by Crippen LogP contribution is 2.20. The van der Waals surface area contributed by atoms with Crippen molar-refractivity contribution in [1.29, 1.82) is 0 Å². The number of aryl methyl sites for hydroxylation is 2. The molecule has 0 radical (unpaired) electrons. The first kappa shape index (κ1) is 18.1. The van der Waals surface area contributed by atoms with Crippen LogP contribution in [0.1, 0.15) is 22.5 Å². The predicted octanol–water partition coefficient (Wildman–Crippen LogP) is 3.01. The molecule has 0 fully saturated rings. The molecule has 1 N–H and O–H groups in total. The van der Waals surface area contributed by atoms with Gasteiger partial charge in [-0.2, -0.15) is 0 Å². The van der Waals surface area contributed by atoms with Crippen LogP contribution in [-0.2, 0) is 22.5 Å². The molecule has 3 rings (SSSR count). The highest BCUT2D eigenvalue weighted by molar-refractivity contribution is 5.77. The number of nitrogens with zero attached hydrogens (tertiary/aromatic N) is 2. The van der Waals surface area contributed by atoms with Gasteiger partial charge in [0.1, 0.15) is 12.4 Å². The molecule has 1 amide bonds. The summed E-state index contributed by atoms with van der Waals surface area (Å²) in [6, 6.07) is 14.7. The van der Waals surface area contributed by atoms with Crippen LogP contribution in [0.15, 0.2) is 42.5 Å². The number of carbonyl (C=O) groups excluding carboxylic acids is 1. The zero-order valence-corrected chi connectivity index (χ0v) is 15.6. The molecule has 0 saturated carbocycles. The highest BCUT2D eigenvalue weighted by atomic mass is 16.5. The number of ether oxygens (including phenoxy) is 1. The van der Waals surface area contributed by atoms with Crippen molar-refractivity contribution in [3.05, 3.63) is 65.0 Å². The minimum absolute atomic E-state index is 0.0822. The molecule has 0 spiro atoms. The lowest BCUT2D eigenvalue weighted by molar-refractivity contribution is -0.124. The van der Waals surface area contributed by atoms with Crippen LogP contribution in [-0.4, -0.2) is 35.7 Å². The van der Waals surface area contributed by atoms with Gasteiger partial charge in [-0.3, -0.25) is 4.79 Å². The van der Waals surface area contributed by atoms with Crippen LogP contribution in [0.4, 0.5) is 0 Å². The van der Waals surface area contributed by atoms with Gasteiger partial charge in [-0.25, -0.2) is 4.98 Å². The lowest BCUT2D eigenvalue weighted by Gasteiger charge is -2.13. The summed E-state index contributed by atoms with van der Waals surface area (Å²) in [6.45, 7) is 5.65. The molecule has 0 aliphatic rings. The molecule has 0 saturated heterocycles. The van der Waals surface area contributed by atoms with Gasteiger partial charge >= 0.3 is 0 Å². The van der Waals surface area contributed by atoms with Gasteiger partial charge in [-0.05, 0) is 37.1 Å². The maximum Gasteiger partial charge on any atom is 0.245 e. The maximum absolute atomic E-state index is 11.6. The molecule has 5 nitrogen and oxygen atoms in total. The number of hydrogen-bond donors (Lipinski definition) is 1.